The van der Waals surface area contributed by atoms with Crippen molar-refractivity contribution in [3.8, 4) is 0 Å². The van der Waals surface area contributed by atoms with Gasteiger partial charge < -0.3 is 0 Å². The van der Waals surface area contributed by atoms with Crippen LogP contribution in [0.1, 0.15) is 38.9 Å². The van der Waals surface area contributed by atoms with Crippen LogP contribution in [0.15, 0.2) is 24.4 Å². The molecule has 4 heteroatoms. The Hall–Kier alpha value is -1.42. The second kappa shape index (κ2) is 5.29. The van der Waals surface area contributed by atoms with Gasteiger partial charge in [0.2, 0.25) is 0 Å². The Morgan fingerprint density at radius 2 is 2.21 bits per heavy atom. The maximum absolute atomic E-state index is 4.63. The van der Waals surface area contributed by atoms with Crippen LogP contribution in [-0.2, 0) is 6.42 Å². The van der Waals surface area contributed by atoms with E-state index in [2.05, 4.69) is 28.8 Å². The number of nitrogens with zero attached hydrogens (tertiary/aromatic N) is 4. The minimum atomic E-state index is 0.603. The Balaban J connectivity index is 1.79. The number of aromatic nitrogens is 3. The van der Waals surface area contributed by atoms with Gasteiger partial charge in [-0.3, -0.25) is 4.90 Å². The van der Waals surface area contributed by atoms with E-state index in [1.807, 2.05) is 28.9 Å². The van der Waals surface area contributed by atoms with E-state index in [1.54, 1.807) is 0 Å². The van der Waals surface area contributed by atoms with Crippen molar-refractivity contribution >= 4 is 5.65 Å². The van der Waals surface area contributed by atoms with Crippen molar-refractivity contribution < 1.29 is 0 Å². The van der Waals surface area contributed by atoms with Gasteiger partial charge in [-0.1, -0.05) is 12.5 Å². The van der Waals surface area contributed by atoms with E-state index in [4.69, 9.17) is 0 Å². The molecule has 1 aliphatic heterocycles. The first-order chi connectivity index (χ1) is 9.24. The van der Waals surface area contributed by atoms with Crippen LogP contribution in [-0.4, -0.2) is 38.1 Å². The molecule has 0 spiro atoms. The minimum absolute atomic E-state index is 0.603. The maximum atomic E-state index is 4.63. The first kappa shape index (κ1) is 12.6. The lowest BCUT2D eigenvalue weighted by molar-refractivity contribution is 0.110. The summed E-state index contributed by atoms with van der Waals surface area (Å²) >= 11 is 0. The third kappa shape index (κ3) is 2.63. The summed E-state index contributed by atoms with van der Waals surface area (Å²) in [7, 11) is 0. The average Bonchev–Trinajstić information content (AvgIpc) is 2.81. The van der Waals surface area contributed by atoms with Crippen molar-refractivity contribution in [1.29, 1.82) is 0 Å². The highest BCUT2D eigenvalue weighted by atomic mass is 15.3. The third-order valence-electron chi connectivity index (χ3n) is 4.04. The van der Waals surface area contributed by atoms with Crippen molar-refractivity contribution in [2.45, 2.75) is 51.6 Å². The van der Waals surface area contributed by atoms with Gasteiger partial charge >= 0.3 is 0 Å². The molecule has 0 bridgehead atoms. The topological polar surface area (TPSA) is 33.4 Å². The number of piperidine rings is 1. The maximum Gasteiger partial charge on any atom is 0.155 e. The van der Waals surface area contributed by atoms with Crippen LogP contribution in [0, 0.1) is 0 Å². The lowest BCUT2D eigenvalue weighted by atomic mass is 9.97. The average molecular weight is 258 g/mol. The van der Waals surface area contributed by atoms with Gasteiger partial charge in [-0.2, -0.15) is 5.10 Å². The van der Waals surface area contributed by atoms with Crippen LogP contribution in [0.25, 0.3) is 5.65 Å². The standard InChI is InChI=1S/C15H22N4/c1-12(2)18-9-5-3-7-13(18)11-14-16-15-8-4-6-10-19(15)17-14/h4,6,8,10,12-13H,3,5,7,9,11H2,1-2H3. The van der Waals surface area contributed by atoms with Gasteiger partial charge in [0.25, 0.3) is 0 Å². The highest BCUT2D eigenvalue weighted by molar-refractivity contribution is 5.36. The van der Waals surface area contributed by atoms with Crippen molar-refractivity contribution in [3.05, 3.63) is 30.2 Å². The monoisotopic (exact) mass is 258 g/mol. The van der Waals surface area contributed by atoms with E-state index in [-0.39, 0.29) is 0 Å². The summed E-state index contributed by atoms with van der Waals surface area (Å²) in [6.45, 7) is 5.79. The van der Waals surface area contributed by atoms with Crippen LogP contribution in [0.2, 0.25) is 0 Å². The summed E-state index contributed by atoms with van der Waals surface area (Å²) in [5, 5.41) is 4.58. The lowest BCUT2D eigenvalue weighted by Crippen LogP contribution is -2.45. The zero-order valence-electron chi connectivity index (χ0n) is 11.8. The van der Waals surface area contributed by atoms with Crippen LogP contribution in [0.3, 0.4) is 0 Å². The van der Waals surface area contributed by atoms with Gasteiger partial charge in [0.15, 0.2) is 11.5 Å². The second-order valence-electron chi connectivity index (χ2n) is 5.72. The summed E-state index contributed by atoms with van der Waals surface area (Å²) in [5.41, 5.74) is 0.949. The summed E-state index contributed by atoms with van der Waals surface area (Å²) in [5.74, 6) is 0.976. The molecule has 0 N–H and O–H groups in total. The molecule has 102 valence electrons. The molecule has 0 aliphatic carbocycles. The first-order valence-electron chi connectivity index (χ1n) is 7.30. The van der Waals surface area contributed by atoms with Gasteiger partial charge in [-0.05, 0) is 45.4 Å². The number of rotatable bonds is 3. The Kier molecular flexibility index (Phi) is 3.51. The van der Waals surface area contributed by atoms with Gasteiger partial charge in [0.1, 0.15) is 0 Å². The molecule has 1 saturated heterocycles. The molecule has 1 fully saturated rings. The zero-order valence-corrected chi connectivity index (χ0v) is 11.8. The highest BCUT2D eigenvalue weighted by Gasteiger charge is 2.25. The predicted octanol–water partition coefficient (Wildman–Crippen LogP) is 2.53. The number of hydrogen-bond acceptors (Lipinski definition) is 3. The molecule has 1 aliphatic rings. The van der Waals surface area contributed by atoms with Crippen molar-refractivity contribution in [2.75, 3.05) is 6.54 Å². The smallest absolute Gasteiger partial charge is 0.155 e. The fraction of sp³-hybridized carbons (Fsp3) is 0.600. The molecular weight excluding hydrogens is 236 g/mol. The van der Waals surface area contributed by atoms with E-state index in [9.17, 15) is 0 Å². The molecule has 0 saturated carbocycles. The molecule has 3 rings (SSSR count). The Morgan fingerprint density at radius 3 is 3.00 bits per heavy atom. The van der Waals surface area contributed by atoms with Crippen LogP contribution in [0.5, 0.6) is 0 Å². The molecule has 2 aromatic rings. The van der Waals surface area contributed by atoms with Crippen molar-refractivity contribution in [3.63, 3.8) is 0 Å². The van der Waals surface area contributed by atoms with E-state index in [1.165, 1.54) is 25.8 Å². The van der Waals surface area contributed by atoms with Crippen LogP contribution >= 0.6 is 0 Å². The fourth-order valence-corrected chi connectivity index (χ4v) is 3.10. The van der Waals surface area contributed by atoms with Gasteiger partial charge in [0.05, 0.1) is 0 Å². The molecule has 19 heavy (non-hydrogen) atoms. The molecular formula is C15H22N4. The zero-order chi connectivity index (χ0) is 13.2. The SMILES string of the molecule is CC(C)N1CCCCC1Cc1nc2ccccn2n1. The number of hydrogen-bond donors (Lipinski definition) is 0. The quantitative estimate of drug-likeness (QED) is 0.848. The number of pyridine rings is 1. The molecule has 1 unspecified atom stereocenters. The molecule has 4 nitrogen and oxygen atoms in total. The Morgan fingerprint density at radius 1 is 1.32 bits per heavy atom. The number of fused-ring (bicyclic) bond motifs is 1. The largest absolute Gasteiger partial charge is 0.298 e. The molecule has 2 aromatic heterocycles. The van der Waals surface area contributed by atoms with Crippen molar-refractivity contribution in [2.24, 2.45) is 0 Å². The Bertz CT molecular complexity index is 513. The highest BCUT2D eigenvalue weighted by Crippen LogP contribution is 2.22. The molecule has 0 radical (unpaired) electrons. The molecule has 3 heterocycles. The summed E-state index contributed by atoms with van der Waals surface area (Å²) in [6.07, 6.45) is 6.87. The summed E-state index contributed by atoms with van der Waals surface area (Å²) in [4.78, 5) is 7.23. The van der Waals surface area contributed by atoms with Crippen molar-refractivity contribution in [1.82, 2.24) is 19.5 Å². The van der Waals surface area contributed by atoms with E-state index >= 15 is 0 Å². The summed E-state index contributed by atoms with van der Waals surface area (Å²) < 4.78 is 1.87. The predicted molar refractivity (Wildman–Crippen MR) is 76.2 cm³/mol. The van der Waals surface area contributed by atoms with Crippen LogP contribution in [0.4, 0.5) is 0 Å². The molecule has 1 atom stereocenters. The normalized spacial score (nSPS) is 21.3. The lowest BCUT2D eigenvalue weighted by Gasteiger charge is -2.38. The van der Waals surface area contributed by atoms with Crippen LogP contribution < -0.4 is 0 Å². The second-order valence-corrected chi connectivity index (χ2v) is 5.72. The van der Waals surface area contributed by atoms with Gasteiger partial charge in [-0.15, -0.1) is 0 Å². The third-order valence-corrected chi connectivity index (χ3v) is 4.04. The molecule has 0 amide bonds. The molecule has 0 aromatic carbocycles. The van der Waals surface area contributed by atoms with Gasteiger partial charge in [0, 0.05) is 24.7 Å². The first-order valence-corrected chi connectivity index (χ1v) is 7.30. The number of likely N-dealkylation sites (tertiary alicyclic amines) is 1. The van der Waals surface area contributed by atoms with E-state index < -0.39 is 0 Å². The van der Waals surface area contributed by atoms with Gasteiger partial charge in [-0.25, -0.2) is 9.50 Å². The van der Waals surface area contributed by atoms with E-state index in [0.29, 0.717) is 12.1 Å². The van der Waals surface area contributed by atoms with E-state index in [0.717, 1.165) is 17.9 Å². The Labute approximate surface area is 114 Å². The summed E-state index contributed by atoms with van der Waals surface area (Å²) in [6, 6.07) is 7.23. The minimum Gasteiger partial charge on any atom is -0.298 e. The fourth-order valence-electron chi connectivity index (χ4n) is 3.10.